The number of aromatic nitrogens is 2. The Morgan fingerprint density at radius 2 is 2.00 bits per heavy atom. The Kier molecular flexibility index (Phi) is 3.82. The van der Waals surface area contributed by atoms with Crippen molar-refractivity contribution in [3.63, 3.8) is 0 Å². The van der Waals surface area contributed by atoms with Crippen LogP contribution in [0.5, 0.6) is 11.5 Å². The van der Waals surface area contributed by atoms with Gasteiger partial charge in [-0.05, 0) is 23.7 Å². The summed E-state index contributed by atoms with van der Waals surface area (Å²) in [6.45, 7) is 0. The Balaban J connectivity index is 2.00. The van der Waals surface area contributed by atoms with Gasteiger partial charge in [-0.15, -0.1) is 0 Å². The van der Waals surface area contributed by atoms with Crippen LogP contribution in [0.25, 0.3) is 21.3 Å². The van der Waals surface area contributed by atoms with Crippen molar-refractivity contribution in [1.29, 1.82) is 0 Å². The predicted octanol–water partition coefficient (Wildman–Crippen LogP) is 4.03. The number of benzene rings is 2. The zero-order valence-corrected chi connectivity index (χ0v) is 12.1. The summed E-state index contributed by atoms with van der Waals surface area (Å²) in [6.07, 6.45) is 1.41. The Morgan fingerprint density at radius 3 is 2.70 bits per heavy atom. The Hall–Kier alpha value is -3.51. The lowest BCUT2D eigenvalue weighted by Gasteiger charge is -2.10. The van der Waals surface area contributed by atoms with Gasteiger partial charge < -0.3 is 15.2 Å². The van der Waals surface area contributed by atoms with Crippen LogP contribution in [0.15, 0.2) is 47.8 Å². The molecule has 0 unspecified atom stereocenters. The Morgan fingerprint density at radius 1 is 1.22 bits per heavy atom. The first-order valence-electron chi connectivity index (χ1n) is 6.65. The van der Waals surface area contributed by atoms with Crippen molar-refractivity contribution in [1.82, 2.24) is 9.97 Å². The average Bonchev–Trinajstić information content (AvgIpc) is 2.56. The molecule has 0 bridgehead atoms. The molecule has 0 aliphatic carbocycles. The van der Waals surface area contributed by atoms with Gasteiger partial charge in [0.2, 0.25) is 0 Å². The van der Waals surface area contributed by atoms with E-state index in [0.717, 1.165) is 5.69 Å². The van der Waals surface area contributed by atoms with Crippen LogP contribution in [0.3, 0.4) is 0 Å². The molecule has 3 aromatic rings. The number of rotatable bonds is 4. The van der Waals surface area contributed by atoms with Gasteiger partial charge in [-0.1, -0.05) is 17.2 Å². The third kappa shape index (κ3) is 2.92. The first kappa shape index (κ1) is 14.4. The highest BCUT2D eigenvalue weighted by Crippen LogP contribution is 2.33. The molecule has 0 spiro atoms. The second-order valence-corrected chi connectivity index (χ2v) is 4.62. The summed E-state index contributed by atoms with van der Waals surface area (Å²) in [4.78, 5) is 11.1. The van der Waals surface area contributed by atoms with Gasteiger partial charge in [-0.25, -0.2) is 9.97 Å². The van der Waals surface area contributed by atoms with Crippen molar-refractivity contribution in [2.24, 2.45) is 5.11 Å². The van der Waals surface area contributed by atoms with Crippen molar-refractivity contribution in [2.45, 2.75) is 0 Å². The standard InChI is InChI=1S/C15H12N6O2/c1-23-14-6-11-12(7-13(14)22)17-8-18-15(11)19-9-2-4-10(5-3-9)20-21-16/h2-8,22H,1H3,(H,17,18,19). The van der Waals surface area contributed by atoms with E-state index in [9.17, 15) is 5.11 Å². The van der Waals surface area contributed by atoms with Crippen LogP contribution in [-0.2, 0) is 0 Å². The lowest BCUT2D eigenvalue weighted by molar-refractivity contribution is 0.374. The van der Waals surface area contributed by atoms with Gasteiger partial charge in [0, 0.05) is 27.7 Å². The van der Waals surface area contributed by atoms with E-state index >= 15 is 0 Å². The summed E-state index contributed by atoms with van der Waals surface area (Å²) in [5.41, 5.74) is 10.3. The van der Waals surface area contributed by atoms with E-state index in [1.165, 1.54) is 19.5 Å². The second kappa shape index (κ2) is 6.08. The zero-order valence-electron chi connectivity index (χ0n) is 12.1. The minimum Gasteiger partial charge on any atom is -0.504 e. The number of aromatic hydroxyl groups is 1. The summed E-state index contributed by atoms with van der Waals surface area (Å²) in [5, 5.41) is 17.2. The number of hydrogen-bond acceptors (Lipinski definition) is 6. The number of phenolic OH excluding ortho intramolecular Hbond substituents is 1. The lowest BCUT2D eigenvalue weighted by atomic mass is 10.2. The molecule has 0 saturated carbocycles. The summed E-state index contributed by atoms with van der Waals surface area (Å²) < 4.78 is 5.12. The summed E-state index contributed by atoms with van der Waals surface area (Å²) in [5.74, 6) is 0.933. The van der Waals surface area contributed by atoms with Crippen molar-refractivity contribution in [3.8, 4) is 11.5 Å². The molecule has 23 heavy (non-hydrogen) atoms. The molecule has 0 saturated heterocycles. The van der Waals surface area contributed by atoms with Gasteiger partial charge in [-0.3, -0.25) is 0 Å². The van der Waals surface area contributed by atoms with Crippen LogP contribution in [0.2, 0.25) is 0 Å². The maximum atomic E-state index is 9.82. The number of methoxy groups -OCH3 is 1. The van der Waals surface area contributed by atoms with E-state index in [2.05, 4.69) is 25.3 Å². The van der Waals surface area contributed by atoms with Crippen LogP contribution in [-0.4, -0.2) is 22.2 Å². The van der Waals surface area contributed by atoms with Crippen LogP contribution in [0.1, 0.15) is 0 Å². The quantitative estimate of drug-likeness (QED) is 0.429. The van der Waals surface area contributed by atoms with Gasteiger partial charge in [0.15, 0.2) is 11.5 Å². The number of azide groups is 1. The van der Waals surface area contributed by atoms with Crippen molar-refractivity contribution in [3.05, 3.63) is 53.2 Å². The molecule has 1 aromatic heterocycles. The maximum absolute atomic E-state index is 9.82. The highest BCUT2D eigenvalue weighted by molar-refractivity contribution is 5.92. The van der Waals surface area contributed by atoms with E-state index in [-0.39, 0.29) is 5.75 Å². The fourth-order valence-electron chi connectivity index (χ4n) is 2.14. The molecule has 0 amide bonds. The van der Waals surface area contributed by atoms with E-state index in [1.807, 2.05) is 0 Å². The second-order valence-electron chi connectivity index (χ2n) is 4.62. The molecule has 0 radical (unpaired) electrons. The van der Waals surface area contributed by atoms with Crippen molar-refractivity contribution < 1.29 is 9.84 Å². The number of hydrogen-bond donors (Lipinski definition) is 2. The third-order valence-corrected chi connectivity index (χ3v) is 3.23. The van der Waals surface area contributed by atoms with E-state index in [4.69, 9.17) is 10.3 Å². The van der Waals surface area contributed by atoms with Gasteiger partial charge in [0.1, 0.15) is 12.1 Å². The SMILES string of the molecule is COc1cc2c(Nc3ccc(N=[N+]=[N-])cc3)ncnc2cc1O. The zero-order chi connectivity index (χ0) is 16.2. The molecule has 3 rings (SSSR count). The van der Waals surface area contributed by atoms with Gasteiger partial charge in [-0.2, -0.15) is 0 Å². The smallest absolute Gasteiger partial charge is 0.161 e. The Labute approximate surface area is 131 Å². The highest BCUT2D eigenvalue weighted by atomic mass is 16.5. The number of nitrogens with zero attached hydrogens (tertiary/aromatic N) is 5. The third-order valence-electron chi connectivity index (χ3n) is 3.23. The van der Waals surface area contributed by atoms with E-state index in [1.54, 1.807) is 30.3 Å². The highest BCUT2D eigenvalue weighted by Gasteiger charge is 2.09. The molecule has 1 heterocycles. The Bertz CT molecular complexity index is 904. The monoisotopic (exact) mass is 308 g/mol. The molecular weight excluding hydrogens is 296 g/mol. The van der Waals surface area contributed by atoms with Crippen LogP contribution in [0, 0.1) is 0 Å². The van der Waals surface area contributed by atoms with E-state index in [0.29, 0.717) is 28.2 Å². The maximum Gasteiger partial charge on any atom is 0.161 e. The summed E-state index contributed by atoms with van der Waals surface area (Å²) >= 11 is 0. The van der Waals surface area contributed by atoms with Crippen LogP contribution < -0.4 is 10.1 Å². The van der Waals surface area contributed by atoms with E-state index < -0.39 is 0 Å². The molecule has 114 valence electrons. The van der Waals surface area contributed by atoms with Crippen LogP contribution >= 0.6 is 0 Å². The first-order valence-corrected chi connectivity index (χ1v) is 6.65. The van der Waals surface area contributed by atoms with Gasteiger partial charge >= 0.3 is 0 Å². The predicted molar refractivity (Wildman–Crippen MR) is 86.3 cm³/mol. The number of nitrogens with one attached hydrogen (secondary N) is 1. The fourth-order valence-corrected chi connectivity index (χ4v) is 2.14. The van der Waals surface area contributed by atoms with Crippen molar-refractivity contribution in [2.75, 3.05) is 12.4 Å². The molecule has 2 N–H and O–H groups in total. The van der Waals surface area contributed by atoms with Crippen LogP contribution in [0.4, 0.5) is 17.2 Å². The molecule has 0 aliphatic heterocycles. The minimum atomic E-state index is 0.0170. The number of anilines is 2. The lowest BCUT2D eigenvalue weighted by Crippen LogP contribution is -1.96. The molecule has 0 atom stereocenters. The number of phenols is 1. The molecule has 0 aliphatic rings. The molecule has 8 heteroatoms. The number of ether oxygens (including phenoxy) is 1. The molecular formula is C15H12N6O2. The first-order chi connectivity index (χ1) is 11.2. The average molecular weight is 308 g/mol. The molecule has 8 nitrogen and oxygen atoms in total. The van der Waals surface area contributed by atoms with Gasteiger partial charge in [0.25, 0.3) is 0 Å². The summed E-state index contributed by atoms with van der Waals surface area (Å²) in [7, 11) is 1.48. The fraction of sp³-hybridized carbons (Fsp3) is 0.0667. The van der Waals surface area contributed by atoms with Gasteiger partial charge in [0.05, 0.1) is 12.6 Å². The largest absolute Gasteiger partial charge is 0.504 e. The summed E-state index contributed by atoms with van der Waals surface area (Å²) in [6, 6.07) is 10.1. The van der Waals surface area contributed by atoms with Crippen molar-refractivity contribution >= 4 is 28.1 Å². The molecule has 2 aromatic carbocycles. The minimum absolute atomic E-state index is 0.0170. The molecule has 0 fully saturated rings. The normalized spacial score (nSPS) is 10.1. The topological polar surface area (TPSA) is 116 Å². The number of fused-ring (bicyclic) bond motifs is 1.